The third kappa shape index (κ3) is 3.14. The third-order valence-corrected chi connectivity index (χ3v) is 4.97. The van der Waals surface area contributed by atoms with Crippen LogP contribution in [0.15, 0.2) is 42.6 Å². The molecule has 5 nitrogen and oxygen atoms in total. The van der Waals surface area contributed by atoms with Crippen LogP contribution in [-0.2, 0) is 7.05 Å². The monoisotopic (exact) mass is 334 g/mol. The van der Waals surface area contributed by atoms with Crippen molar-refractivity contribution >= 4 is 16.8 Å². The fourth-order valence-corrected chi connectivity index (χ4v) is 3.59. The molecular formula is C20H22N4O. The Kier molecular flexibility index (Phi) is 4.22. The number of hydrogen-bond acceptors (Lipinski definition) is 3. The number of amides is 1. The molecule has 4 rings (SSSR count). The highest BCUT2D eigenvalue weighted by molar-refractivity contribution is 5.95. The first-order valence-electron chi connectivity index (χ1n) is 8.91. The number of carbonyl (C=O) groups is 1. The van der Waals surface area contributed by atoms with Crippen molar-refractivity contribution in [2.75, 3.05) is 0 Å². The molecule has 1 fully saturated rings. The average Bonchev–Trinajstić information content (AvgIpc) is 3.00. The minimum Gasteiger partial charge on any atom is -0.349 e. The molecule has 2 aromatic heterocycles. The highest BCUT2D eigenvalue weighted by atomic mass is 16.1. The maximum absolute atomic E-state index is 12.4. The number of carbonyl (C=O) groups excluding carboxylic acids is 1. The first-order chi connectivity index (χ1) is 12.2. The maximum Gasteiger partial charge on any atom is 0.253 e. The van der Waals surface area contributed by atoms with E-state index in [0.29, 0.717) is 11.6 Å². The lowest BCUT2D eigenvalue weighted by molar-refractivity contribution is 0.0927. The Hall–Kier alpha value is -2.69. The highest BCUT2D eigenvalue weighted by Crippen LogP contribution is 2.26. The zero-order valence-corrected chi connectivity index (χ0v) is 14.4. The summed E-state index contributed by atoms with van der Waals surface area (Å²) in [4.78, 5) is 16.9. The number of nitrogens with zero attached hydrogens (tertiary/aromatic N) is 3. The number of pyridine rings is 1. The lowest BCUT2D eigenvalue weighted by atomic mass is 9.95. The summed E-state index contributed by atoms with van der Waals surface area (Å²) >= 11 is 0. The van der Waals surface area contributed by atoms with Gasteiger partial charge in [0, 0.05) is 24.7 Å². The second kappa shape index (κ2) is 6.67. The van der Waals surface area contributed by atoms with Gasteiger partial charge in [-0.3, -0.25) is 14.5 Å². The normalized spacial score (nSPS) is 15.4. The summed E-state index contributed by atoms with van der Waals surface area (Å²) in [5.41, 5.74) is 3.30. The number of fused-ring (bicyclic) bond motifs is 1. The molecule has 3 aromatic rings. The standard InChI is InChI=1S/C20H22N4O/c1-24-18-10-6-5-9-16(18)19(23-24)17-12-11-14(13-21-17)20(25)22-15-7-3-2-4-8-15/h5-6,9-13,15H,2-4,7-8H2,1H3,(H,22,25). The van der Waals surface area contributed by atoms with Gasteiger partial charge in [-0.15, -0.1) is 0 Å². The molecular weight excluding hydrogens is 312 g/mol. The van der Waals surface area contributed by atoms with E-state index in [-0.39, 0.29) is 5.91 Å². The Labute approximate surface area is 147 Å². The van der Waals surface area contributed by atoms with Crippen LogP contribution in [-0.4, -0.2) is 26.7 Å². The molecule has 25 heavy (non-hydrogen) atoms. The van der Waals surface area contributed by atoms with Crippen LogP contribution in [0.2, 0.25) is 0 Å². The van der Waals surface area contributed by atoms with Gasteiger partial charge in [-0.25, -0.2) is 0 Å². The largest absolute Gasteiger partial charge is 0.349 e. The lowest BCUT2D eigenvalue weighted by Crippen LogP contribution is -2.36. The van der Waals surface area contributed by atoms with E-state index in [4.69, 9.17) is 0 Å². The smallest absolute Gasteiger partial charge is 0.253 e. The van der Waals surface area contributed by atoms with E-state index < -0.39 is 0 Å². The van der Waals surface area contributed by atoms with E-state index in [1.165, 1.54) is 19.3 Å². The van der Waals surface area contributed by atoms with Crippen LogP contribution in [0.3, 0.4) is 0 Å². The number of aromatic nitrogens is 3. The maximum atomic E-state index is 12.4. The van der Waals surface area contributed by atoms with Crippen molar-refractivity contribution < 1.29 is 4.79 Å². The van der Waals surface area contributed by atoms with Gasteiger partial charge in [-0.2, -0.15) is 5.10 Å². The number of nitrogens with one attached hydrogen (secondary N) is 1. The van der Waals surface area contributed by atoms with Crippen molar-refractivity contribution in [3.63, 3.8) is 0 Å². The van der Waals surface area contributed by atoms with E-state index in [9.17, 15) is 4.79 Å². The van der Waals surface area contributed by atoms with Crippen LogP contribution < -0.4 is 5.32 Å². The number of benzene rings is 1. The van der Waals surface area contributed by atoms with Crippen molar-refractivity contribution in [1.82, 2.24) is 20.1 Å². The van der Waals surface area contributed by atoms with Gasteiger partial charge < -0.3 is 5.32 Å². The summed E-state index contributed by atoms with van der Waals surface area (Å²) in [6, 6.07) is 12.1. The molecule has 128 valence electrons. The average molecular weight is 334 g/mol. The van der Waals surface area contributed by atoms with Crippen molar-refractivity contribution in [1.29, 1.82) is 0 Å². The molecule has 5 heteroatoms. The molecule has 1 amide bonds. The minimum absolute atomic E-state index is 0.0307. The summed E-state index contributed by atoms with van der Waals surface area (Å²) in [6.07, 6.45) is 7.50. The number of para-hydroxylation sites is 1. The van der Waals surface area contributed by atoms with Crippen molar-refractivity contribution in [3.05, 3.63) is 48.2 Å². The fourth-order valence-electron chi connectivity index (χ4n) is 3.59. The zero-order valence-electron chi connectivity index (χ0n) is 14.4. The first kappa shape index (κ1) is 15.8. The molecule has 1 N–H and O–H groups in total. The summed E-state index contributed by atoms with van der Waals surface area (Å²) in [5.74, 6) is -0.0307. The number of aryl methyl sites for hydroxylation is 1. The van der Waals surface area contributed by atoms with Gasteiger partial charge in [-0.1, -0.05) is 37.5 Å². The number of hydrogen-bond donors (Lipinski definition) is 1. The molecule has 0 bridgehead atoms. The Morgan fingerprint density at radius 3 is 2.68 bits per heavy atom. The van der Waals surface area contributed by atoms with Crippen LogP contribution in [0.4, 0.5) is 0 Å². The molecule has 0 spiro atoms. The zero-order chi connectivity index (χ0) is 17.2. The molecule has 0 unspecified atom stereocenters. The molecule has 0 radical (unpaired) electrons. The van der Waals surface area contributed by atoms with Crippen molar-refractivity contribution in [2.24, 2.45) is 7.05 Å². The van der Waals surface area contributed by atoms with E-state index in [1.54, 1.807) is 6.20 Å². The fraction of sp³-hybridized carbons (Fsp3) is 0.350. The minimum atomic E-state index is -0.0307. The van der Waals surface area contributed by atoms with Gasteiger partial charge in [0.1, 0.15) is 5.69 Å². The van der Waals surface area contributed by atoms with Crippen LogP contribution in [0.1, 0.15) is 42.5 Å². The summed E-state index contributed by atoms with van der Waals surface area (Å²) in [6.45, 7) is 0. The quantitative estimate of drug-likeness (QED) is 0.794. The third-order valence-electron chi connectivity index (χ3n) is 4.97. The molecule has 1 saturated carbocycles. The Balaban J connectivity index is 1.56. The van der Waals surface area contributed by atoms with Crippen LogP contribution in [0.5, 0.6) is 0 Å². The van der Waals surface area contributed by atoms with Crippen molar-refractivity contribution in [3.8, 4) is 11.4 Å². The molecule has 1 aromatic carbocycles. The molecule has 1 aliphatic carbocycles. The van der Waals surface area contributed by atoms with Crippen LogP contribution in [0.25, 0.3) is 22.3 Å². The SMILES string of the molecule is Cn1nc(-c2ccc(C(=O)NC3CCCCC3)cn2)c2ccccc21. The second-order valence-corrected chi connectivity index (χ2v) is 6.73. The summed E-state index contributed by atoms with van der Waals surface area (Å²) < 4.78 is 1.86. The van der Waals surface area contributed by atoms with Gasteiger partial charge in [0.2, 0.25) is 0 Å². The predicted molar refractivity (Wildman–Crippen MR) is 98.3 cm³/mol. The van der Waals surface area contributed by atoms with Gasteiger partial charge in [-0.05, 0) is 31.0 Å². The Bertz CT molecular complexity index is 892. The van der Waals surface area contributed by atoms with Crippen molar-refractivity contribution in [2.45, 2.75) is 38.1 Å². The number of rotatable bonds is 3. The molecule has 1 aliphatic rings. The topological polar surface area (TPSA) is 59.8 Å². The van der Waals surface area contributed by atoms with Gasteiger partial charge in [0.25, 0.3) is 5.91 Å². The van der Waals surface area contributed by atoms with Crippen LogP contribution >= 0.6 is 0 Å². The second-order valence-electron chi connectivity index (χ2n) is 6.73. The molecule has 0 aliphatic heterocycles. The van der Waals surface area contributed by atoms with E-state index in [0.717, 1.165) is 35.1 Å². The lowest BCUT2D eigenvalue weighted by Gasteiger charge is -2.22. The van der Waals surface area contributed by atoms with Gasteiger partial charge in [0.15, 0.2) is 0 Å². The summed E-state index contributed by atoms with van der Waals surface area (Å²) in [7, 11) is 1.93. The molecule has 0 atom stereocenters. The highest BCUT2D eigenvalue weighted by Gasteiger charge is 2.17. The van der Waals surface area contributed by atoms with E-state index in [1.807, 2.05) is 48.1 Å². The molecule has 2 heterocycles. The van der Waals surface area contributed by atoms with Gasteiger partial charge in [0.05, 0.1) is 16.8 Å². The summed E-state index contributed by atoms with van der Waals surface area (Å²) in [5, 5.41) is 8.78. The first-order valence-corrected chi connectivity index (χ1v) is 8.91. The molecule has 0 saturated heterocycles. The Morgan fingerprint density at radius 2 is 1.92 bits per heavy atom. The van der Waals surface area contributed by atoms with Crippen LogP contribution in [0, 0.1) is 0 Å². The van der Waals surface area contributed by atoms with Gasteiger partial charge >= 0.3 is 0 Å². The van der Waals surface area contributed by atoms with E-state index >= 15 is 0 Å². The van der Waals surface area contributed by atoms with E-state index in [2.05, 4.69) is 15.4 Å². The Morgan fingerprint density at radius 1 is 1.12 bits per heavy atom. The predicted octanol–water partition coefficient (Wildman–Crippen LogP) is 3.70.